The largest absolute Gasteiger partial charge is 0.381 e. The van der Waals surface area contributed by atoms with Gasteiger partial charge in [-0.2, -0.15) is 0 Å². The summed E-state index contributed by atoms with van der Waals surface area (Å²) in [5.41, 5.74) is 5.48. The molecule has 1 aliphatic rings. The lowest BCUT2D eigenvalue weighted by molar-refractivity contribution is -0.123. The van der Waals surface area contributed by atoms with Gasteiger partial charge >= 0.3 is 0 Å². The predicted molar refractivity (Wildman–Crippen MR) is 51.4 cm³/mol. The van der Waals surface area contributed by atoms with Crippen LogP contribution in [0.25, 0.3) is 0 Å². The van der Waals surface area contributed by atoms with Gasteiger partial charge in [0.1, 0.15) is 5.78 Å². The average molecular weight is 185 g/mol. The molecule has 2 N–H and O–H groups in total. The number of ether oxygens (including phenoxy) is 1. The first-order chi connectivity index (χ1) is 6.24. The summed E-state index contributed by atoms with van der Waals surface area (Å²) in [6.07, 6.45) is 2.51. The summed E-state index contributed by atoms with van der Waals surface area (Å²) in [5.74, 6) is 0.994. The van der Waals surface area contributed by atoms with Gasteiger partial charge in [0.15, 0.2) is 0 Å². The van der Waals surface area contributed by atoms with Crippen LogP contribution in [0, 0.1) is 11.8 Å². The van der Waals surface area contributed by atoms with Crippen LogP contribution in [0.3, 0.4) is 0 Å². The van der Waals surface area contributed by atoms with Crippen molar-refractivity contribution in [2.24, 2.45) is 17.6 Å². The Bertz CT molecular complexity index is 164. The first-order valence-corrected chi connectivity index (χ1v) is 5.04. The van der Waals surface area contributed by atoms with Gasteiger partial charge in [-0.3, -0.25) is 4.79 Å². The van der Waals surface area contributed by atoms with Crippen molar-refractivity contribution in [3.8, 4) is 0 Å². The number of hydrogen-bond acceptors (Lipinski definition) is 3. The van der Waals surface area contributed by atoms with E-state index in [2.05, 4.69) is 6.92 Å². The summed E-state index contributed by atoms with van der Waals surface area (Å²) in [6.45, 7) is 4.14. The van der Waals surface area contributed by atoms with Crippen LogP contribution >= 0.6 is 0 Å². The second kappa shape index (κ2) is 5.35. The molecule has 1 saturated heterocycles. The maximum atomic E-state index is 11.5. The second-order valence-corrected chi connectivity index (χ2v) is 3.91. The van der Waals surface area contributed by atoms with E-state index in [4.69, 9.17) is 10.5 Å². The summed E-state index contributed by atoms with van der Waals surface area (Å²) in [7, 11) is 0. The highest BCUT2D eigenvalue weighted by molar-refractivity contribution is 5.81. The van der Waals surface area contributed by atoms with Crippen molar-refractivity contribution in [1.29, 1.82) is 0 Å². The zero-order valence-corrected chi connectivity index (χ0v) is 8.29. The van der Waals surface area contributed by atoms with Gasteiger partial charge < -0.3 is 10.5 Å². The zero-order valence-electron chi connectivity index (χ0n) is 8.29. The molecule has 1 aliphatic heterocycles. The molecule has 0 aromatic heterocycles. The van der Waals surface area contributed by atoms with Crippen LogP contribution in [0.2, 0.25) is 0 Å². The zero-order chi connectivity index (χ0) is 9.68. The monoisotopic (exact) mass is 185 g/mol. The molecular weight excluding hydrogens is 166 g/mol. The molecule has 0 bridgehead atoms. The maximum Gasteiger partial charge on any atom is 0.138 e. The van der Waals surface area contributed by atoms with Crippen molar-refractivity contribution in [3.63, 3.8) is 0 Å². The first-order valence-electron chi connectivity index (χ1n) is 5.04. The highest BCUT2D eigenvalue weighted by Gasteiger charge is 2.22. The van der Waals surface area contributed by atoms with Gasteiger partial charge in [0, 0.05) is 18.9 Å². The minimum atomic E-state index is 0.171. The lowest BCUT2D eigenvalue weighted by Crippen LogP contribution is -2.17. The number of carbonyl (C=O) groups excluding carboxylic acids is 1. The van der Waals surface area contributed by atoms with Gasteiger partial charge in [-0.25, -0.2) is 0 Å². The Balaban J connectivity index is 2.16. The number of rotatable bonds is 5. The number of nitrogens with two attached hydrogens (primary N) is 1. The van der Waals surface area contributed by atoms with Crippen LogP contribution in [0.1, 0.15) is 26.2 Å². The van der Waals surface area contributed by atoms with Gasteiger partial charge in [-0.05, 0) is 25.3 Å². The smallest absolute Gasteiger partial charge is 0.138 e. The molecule has 0 spiro atoms. The fraction of sp³-hybridized carbons (Fsp3) is 0.900. The van der Waals surface area contributed by atoms with Gasteiger partial charge in [0.2, 0.25) is 0 Å². The maximum absolute atomic E-state index is 11.5. The third kappa shape index (κ3) is 3.44. The molecule has 1 rings (SSSR count). The van der Waals surface area contributed by atoms with Crippen molar-refractivity contribution in [2.75, 3.05) is 19.8 Å². The number of ketones is 1. The molecule has 1 fully saturated rings. The Hall–Kier alpha value is -0.410. The molecule has 1 heterocycles. The van der Waals surface area contributed by atoms with Crippen molar-refractivity contribution < 1.29 is 9.53 Å². The van der Waals surface area contributed by atoms with E-state index < -0.39 is 0 Å². The summed E-state index contributed by atoms with van der Waals surface area (Å²) in [6, 6.07) is 0. The van der Waals surface area contributed by atoms with Crippen molar-refractivity contribution >= 4 is 5.78 Å². The van der Waals surface area contributed by atoms with E-state index in [1.165, 1.54) is 0 Å². The lowest BCUT2D eigenvalue weighted by Gasteiger charge is -2.09. The number of Topliss-reactive ketones (excluding diaryl/α,β-unsaturated/α-hetero) is 1. The molecule has 0 radical (unpaired) electrons. The van der Waals surface area contributed by atoms with Crippen molar-refractivity contribution in [3.05, 3.63) is 0 Å². The SMILES string of the molecule is CC(CN)CCC(=O)C1CCOC1. The van der Waals surface area contributed by atoms with E-state index in [-0.39, 0.29) is 5.92 Å². The van der Waals surface area contributed by atoms with E-state index in [1.54, 1.807) is 0 Å². The molecule has 0 amide bonds. The van der Waals surface area contributed by atoms with E-state index >= 15 is 0 Å². The minimum Gasteiger partial charge on any atom is -0.381 e. The van der Waals surface area contributed by atoms with Crippen LogP contribution in [0.4, 0.5) is 0 Å². The van der Waals surface area contributed by atoms with Crippen molar-refractivity contribution in [1.82, 2.24) is 0 Å². The molecule has 0 aliphatic carbocycles. The Morgan fingerprint density at radius 1 is 1.69 bits per heavy atom. The molecule has 13 heavy (non-hydrogen) atoms. The van der Waals surface area contributed by atoms with Crippen LogP contribution in [-0.4, -0.2) is 25.5 Å². The Morgan fingerprint density at radius 3 is 3.00 bits per heavy atom. The third-order valence-corrected chi connectivity index (χ3v) is 2.67. The van der Waals surface area contributed by atoms with Crippen molar-refractivity contribution in [2.45, 2.75) is 26.2 Å². The summed E-state index contributed by atoms with van der Waals surface area (Å²) in [5, 5.41) is 0. The minimum absolute atomic E-state index is 0.171. The highest BCUT2D eigenvalue weighted by atomic mass is 16.5. The Labute approximate surface area is 79.6 Å². The van der Waals surface area contributed by atoms with E-state index in [0.717, 1.165) is 19.4 Å². The third-order valence-electron chi connectivity index (χ3n) is 2.67. The number of carbonyl (C=O) groups is 1. The van der Waals surface area contributed by atoms with Crippen LogP contribution in [-0.2, 0) is 9.53 Å². The van der Waals surface area contributed by atoms with E-state index in [9.17, 15) is 4.79 Å². The van der Waals surface area contributed by atoms with E-state index in [1.807, 2.05) is 0 Å². The van der Waals surface area contributed by atoms with Crippen LogP contribution < -0.4 is 5.73 Å². The molecule has 2 atom stereocenters. The van der Waals surface area contributed by atoms with Crippen LogP contribution in [0.5, 0.6) is 0 Å². The molecule has 76 valence electrons. The standard InChI is InChI=1S/C10H19NO2/c1-8(6-11)2-3-10(12)9-4-5-13-7-9/h8-9H,2-7,11H2,1H3. The molecule has 0 aromatic rings. The van der Waals surface area contributed by atoms with Gasteiger partial charge in [0.25, 0.3) is 0 Å². The van der Waals surface area contributed by atoms with Gasteiger partial charge in [-0.1, -0.05) is 6.92 Å². The van der Waals surface area contributed by atoms with E-state index in [0.29, 0.717) is 31.3 Å². The van der Waals surface area contributed by atoms with Crippen LogP contribution in [0.15, 0.2) is 0 Å². The Morgan fingerprint density at radius 2 is 2.46 bits per heavy atom. The molecule has 3 nitrogen and oxygen atoms in total. The molecule has 2 unspecified atom stereocenters. The number of hydrogen-bond donors (Lipinski definition) is 1. The first kappa shape index (κ1) is 10.7. The molecule has 0 aromatic carbocycles. The van der Waals surface area contributed by atoms with Gasteiger partial charge in [0.05, 0.1) is 6.61 Å². The molecule has 3 heteroatoms. The summed E-state index contributed by atoms with van der Waals surface area (Å²) in [4.78, 5) is 11.5. The van der Waals surface area contributed by atoms with Gasteiger partial charge in [-0.15, -0.1) is 0 Å². The second-order valence-electron chi connectivity index (χ2n) is 3.91. The Kier molecular flexibility index (Phi) is 4.39. The lowest BCUT2D eigenvalue weighted by atomic mass is 9.96. The average Bonchev–Trinajstić information content (AvgIpc) is 2.66. The predicted octanol–water partition coefficient (Wildman–Crippen LogP) is 0.967. The molecular formula is C10H19NO2. The highest BCUT2D eigenvalue weighted by Crippen LogP contribution is 2.17. The quantitative estimate of drug-likeness (QED) is 0.694. The topological polar surface area (TPSA) is 52.3 Å². The fourth-order valence-electron chi connectivity index (χ4n) is 1.50. The summed E-state index contributed by atoms with van der Waals surface area (Å²) < 4.78 is 5.17. The fourth-order valence-corrected chi connectivity index (χ4v) is 1.50. The summed E-state index contributed by atoms with van der Waals surface area (Å²) >= 11 is 0. The normalized spacial score (nSPS) is 24.6. The molecule has 0 saturated carbocycles.